The van der Waals surface area contributed by atoms with Gasteiger partial charge in [-0.05, 0) is 18.3 Å². The van der Waals surface area contributed by atoms with E-state index < -0.39 is 0 Å². The predicted molar refractivity (Wildman–Crippen MR) is 40.1 cm³/mol. The smallest absolute Gasteiger partial charge is 0.497 e. The van der Waals surface area contributed by atoms with E-state index >= 15 is 0 Å². The van der Waals surface area contributed by atoms with Crippen LogP contribution in [0.1, 0.15) is 12.8 Å². The number of rotatable bonds is 0. The second-order valence-electron chi connectivity index (χ2n) is 3.74. The van der Waals surface area contributed by atoms with Crippen LogP contribution in [0.5, 0.6) is 0 Å². The van der Waals surface area contributed by atoms with E-state index in [0.717, 1.165) is 23.7 Å². The predicted octanol–water partition coefficient (Wildman–Crippen LogP) is -0.808. The van der Waals surface area contributed by atoms with Crippen LogP contribution in [-0.4, -0.2) is 0 Å². The Bertz CT molecular complexity index is 217. The van der Waals surface area contributed by atoms with Gasteiger partial charge in [-0.25, -0.2) is 0 Å². The average Bonchev–Trinajstić information content (AvgIpc) is 2.60. The molecule has 0 aliphatic heterocycles. The summed E-state index contributed by atoms with van der Waals surface area (Å²) >= 11 is 0. The van der Waals surface area contributed by atoms with Gasteiger partial charge in [0.25, 0.3) is 0 Å². The Labute approximate surface area is 79.9 Å². The fourth-order valence-electron chi connectivity index (χ4n) is 2.83. The van der Waals surface area contributed by atoms with Gasteiger partial charge in [-0.15, -0.1) is 0 Å². The minimum atomic E-state index is 0. The van der Waals surface area contributed by atoms with Crippen molar-refractivity contribution in [3.63, 3.8) is 0 Å². The minimum Gasteiger partial charge on any atom is -0.497 e. The zero-order valence-corrected chi connectivity index (χ0v) is 6.96. The quantitative estimate of drug-likeness (QED) is 0.233. The normalized spacial score (nSPS) is 49.5. The molecule has 3 aliphatic rings. The van der Waals surface area contributed by atoms with Crippen LogP contribution in [0.25, 0.3) is 0 Å². The van der Waals surface area contributed by atoms with E-state index in [2.05, 4.69) is 24.3 Å². The van der Waals surface area contributed by atoms with Crippen molar-refractivity contribution in [2.75, 3.05) is 0 Å². The molecule has 1 fully saturated rings. The Morgan fingerprint density at radius 2 is 2.27 bits per heavy atom. The standard InChI is InChI=1S/C10H11.Li/c1-2-9-7-4-5-8(6-7)10(9)3-1;/h1-2,5,7-10H,3,6H2;/q-1;+1. The molecule has 1 heteroatoms. The van der Waals surface area contributed by atoms with Crippen molar-refractivity contribution in [3.05, 3.63) is 24.3 Å². The van der Waals surface area contributed by atoms with Crippen LogP contribution in [0.15, 0.2) is 18.2 Å². The summed E-state index contributed by atoms with van der Waals surface area (Å²) in [6.07, 6.45) is 13.3. The van der Waals surface area contributed by atoms with Crippen molar-refractivity contribution in [2.24, 2.45) is 23.7 Å². The SMILES string of the molecule is [C-]1=CC2CC1C1C=CCC21.[Li+]. The number of hydrogen-bond acceptors (Lipinski definition) is 0. The zero-order chi connectivity index (χ0) is 6.55. The molecule has 0 aromatic carbocycles. The molecule has 4 unspecified atom stereocenters. The van der Waals surface area contributed by atoms with E-state index in [9.17, 15) is 0 Å². The molecule has 3 aliphatic carbocycles. The molecule has 11 heavy (non-hydrogen) atoms. The summed E-state index contributed by atoms with van der Waals surface area (Å²) in [5.41, 5.74) is 0. The Morgan fingerprint density at radius 1 is 1.36 bits per heavy atom. The van der Waals surface area contributed by atoms with Gasteiger partial charge in [-0.2, -0.15) is 5.92 Å². The maximum Gasteiger partial charge on any atom is 1.00 e. The van der Waals surface area contributed by atoms with Crippen molar-refractivity contribution >= 4 is 0 Å². The van der Waals surface area contributed by atoms with Crippen LogP contribution in [0.2, 0.25) is 0 Å². The molecule has 0 N–H and O–H groups in total. The topological polar surface area (TPSA) is 0 Å². The molecule has 0 aromatic heterocycles. The summed E-state index contributed by atoms with van der Waals surface area (Å²) < 4.78 is 0. The van der Waals surface area contributed by atoms with Crippen molar-refractivity contribution in [1.29, 1.82) is 0 Å². The maximum absolute atomic E-state index is 3.45. The zero-order valence-electron chi connectivity index (χ0n) is 6.96. The first-order valence-electron chi connectivity index (χ1n) is 4.21. The van der Waals surface area contributed by atoms with Crippen LogP contribution in [0.3, 0.4) is 0 Å². The summed E-state index contributed by atoms with van der Waals surface area (Å²) in [7, 11) is 0. The summed E-state index contributed by atoms with van der Waals surface area (Å²) in [6, 6.07) is 0. The fourth-order valence-corrected chi connectivity index (χ4v) is 2.83. The molecule has 0 spiro atoms. The molecule has 3 rings (SSSR count). The summed E-state index contributed by atoms with van der Waals surface area (Å²) in [4.78, 5) is 0. The monoisotopic (exact) mass is 138 g/mol. The first-order valence-corrected chi connectivity index (χ1v) is 4.21. The Balaban J connectivity index is 0.000000480. The Morgan fingerprint density at radius 3 is 3.09 bits per heavy atom. The second kappa shape index (κ2) is 2.54. The van der Waals surface area contributed by atoms with E-state index in [1.54, 1.807) is 0 Å². The van der Waals surface area contributed by atoms with Crippen LogP contribution in [0, 0.1) is 29.7 Å². The fraction of sp³-hybridized carbons (Fsp3) is 0.600. The van der Waals surface area contributed by atoms with Gasteiger partial charge in [0, 0.05) is 0 Å². The molecule has 0 radical (unpaired) electrons. The molecule has 0 heterocycles. The van der Waals surface area contributed by atoms with Crippen LogP contribution >= 0.6 is 0 Å². The van der Waals surface area contributed by atoms with E-state index in [-0.39, 0.29) is 18.9 Å². The van der Waals surface area contributed by atoms with Gasteiger partial charge in [-0.3, -0.25) is 6.08 Å². The minimum absolute atomic E-state index is 0. The van der Waals surface area contributed by atoms with Crippen molar-refractivity contribution in [1.82, 2.24) is 0 Å². The molecule has 0 saturated heterocycles. The summed E-state index contributed by atoms with van der Waals surface area (Å²) in [5, 5.41) is 0. The Kier molecular flexibility index (Phi) is 1.78. The molecule has 0 amide bonds. The molecule has 0 nitrogen and oxygen atoms in total. The largest absolute Gasteiger partial charge is 1.00 e. The van der Waals surface area contributed by atoms with Gasteiger partial charge in [-0.1, -0.05) is 24.5 Å². The molecule has 4 atom stereocenters. The third-order valence-corrected chi connectivity index (χ3v) is 3.33. The van der Waals surface area contributed by atoms with Crippen LogP contribution in [0.4, 0.5) is 0 Å². The van der Waals surface area contributed by atoms with Crippen molar-refractivity contribution in [3.8, 4) is 0 Å². The van der Waals surface area contributed by atoms with Gasteiger partial charge in [0.2, 0.25) is 0 Å². The number of hydrogen-bond donors (Lipinski definition) is 0. The van der Waals surface area contributed by atoms with E-state index in [0.29, 0.717) is 0 Å². The third kappa shape index (κ3) is 0.897. The van der Waals surface area contributed by atoms with Crippen LogP contribution < -0.4 is 18.9 Å². The van der Waals surface area contributed by atoms with Gasteiger partial charge in [0.15, 0.2) is 0 Å². The molecule has 52 valence electrons. The van der Waals surface area contributed by atoms with E-state index in [1.807, 2.05) is 0 Å². The Hall–Kier alpha value is 0.0774. The molecule has 0 aromatic rings. The molecular formula is C10H11Li. The molecular weight excluding hydrogens is 127 g/mol. The number of fused-ring (bicyclic) bond motifs is 5. The third-order valence-electron chi connectivity index (χ3n) is 3.33. The van der Waals surface area contributed by atoms with Gasteiger partial charge in [0.05, 0.1) is 0 Å². The van der Waals surface area contributed by atoms with Gasteiger partial charge >= 0.3 is 18.9 Å². The average molecular weight is 138 g/mol. The summed E-state index contributed by atoms with van der Waals surface area (Å²) in [5.74, 6) is 3.56. The second-order valence-corrected chi connectivity index (χ2v) is 3.74. The molecule has 2 bridgehead atoms. The first kappa shape index (κ1) is 7.71. The number of allylic oxidation sites excluding steroid dienone is 4. The van der Waals surface area contributed by atoms with E-state index in [1.165, 1.54) is 12.8 Å². The summed E-state index contributed by atoms with van der Waals surface area (Å²) in [6.45, 7) is 0. The molecule has 1 saturated carbocycles. The van der Waals surface area contributed by atoms with Crippen molar-refractivity contribution in [2.45, 2.75) is 12.8 Å². The van der Waals surface area contributed by atoms with Gasteiger partial charge < -0.3 is 6.08 Å². The first-order chi connectivity index (χ1) is 4.95. The van der Waals surface area contributed by atoms with E-state index in [4.69, 9.17) is 0 Å². The maximum atomic E-state index is 3.45. The van der Waals surface area contributed by atoms with Crippen LogP contribution in [-0.2, 0) is 0 Å². The van der Waals surface area contributed by atoms with Crippen molar-refractivity contribution < 1.29 is 18.9 Å². The van der Waals surface area contributed by atoms with Gasteiger partial charge in [0.1, 0.15) is 0 Å².